The fourth-order valence-corrected chi connectivity index (χ4v) is 4.47. The standard InChI is InChI=1S/C28H24N2O2S/c29-23-11-7-21(8-12-23)27(31)17-19-3-1-5-25(15-19)33-26-6-2-4-20(16-26)18-28(32)22-9-13-24(30)14-10-22/h1-16H,17-18,29-30H2. The van der Waals surface area contributed by atoms with Gasteiger partial charge in [-0.05, 0) is 83.9 Å². The first kappa shape index (κ1) is 22.4. The molecule has 164 valence electrons. The molecule has 0 aromatic heterocycles. The van der Waals surface area contributed by atoms with E-state index in [1.165, 1.54) is 0 Å². The van der Waals surface area contributed by atoms with E-state index in [0.717, 1.165) is 20.9 Å². The van der Waals surface area contributed by atoms with Gasteiger partial charge in [0.1, 0.15) is 0 Å². The van der Waals surface area contributed by atoms with Gasteiger partial charge in [-0.25, -0.2) is 0 Å². The maximum Gasteiger partial charge on any atom is 0.167 e. The normalized spacial score (nSPS) is 10.7. The van der Waals surface area contributed by atoms with Gasteiger partial charge in [0.2, 0.25) is 0 Å². The summed E-state index contributed by atoms with van der Waals surface area (Å²) in [5.74, 6) is 0.112. The van der Waals surface area contributed by atoms with Gasteiger partial charge in [-0.15, -0.1) is 0 Å². The predicted octanol–water partition coefficient (Wildman–Crippen LogP) is 5.85. The number of hydrogen-bond acceptors (Lipinski definition) is 5. The molecule has 0 atom stereocenters. The van der Waals surface area contributed by atoms with E-state index < -0.39 is 0 Å². The minimum atomic E-state index is 0.0559. The summed E-state index contributed by atoms with van der Waals surface area (Å²) >= 11 is 1.61. The van der Waals surface area contributed by atoms with Gasteiger partial charge in [0.25, 0.3) is 0 Å². The maximum atomic E-state index is 12.6. The largest absolute Gasteiger partial charge is 0.399 e. The van der Waals surface area contributed by atoms with Gasteiger partial charge in [-0.3, -0.25) is 9.59 Å². The Morgan fingerprint density at radius 2 is 0.970 bits per heavy atom. The third kappa shape index (κ3) is 6.11. The van der Waals surface area contributed by atoms with Crippen LogP contribution in [0.4, 0.5) is 11.4 Å². The Bertz CT molecular complexity index is 1180. The Balaban J connectivity index is 1.43. The third-order valence-electron chi connectivity index (χ3n) is 5.23. The summed E-state index contributed by atoms with van der Waals surface area (Å²) in [6.45, 7) is 0. The van der Waals surface area contributed by atoms with Crippen molar-refractivity contribution in [3.63, 3.8) is 0 Å². The second-order valence-corrected chi connectivity index (χ2v) is 8.99. The number of benzene rings is 4. The van der Waals surface area contributed by atoms with E-state index in [1.807, 2.05) is 48.5 Å². The van der Waals surface area contributed by atoms with Crippen LogP contribution in [0.15, 0.2) is 107 Å². The smallest absolute Gasteiger partial charge is 0.167 e. The summed E-state index contributed by atoms with van der Waals surface area (Å²) in [5.41, 5.74) is 15.9. The highest BCUT2D eigenvalue weighted by Gasteiger charge is 2.10. The second-order valence-electron chi connectivity index (χ2n) is 7.84. The molecule has 0 saturated heterocycles. The highest BCUT2D eigenvalue weighted by molar-refractivity contribution is 7.99. The number of carbonyl (C=O) groups is 2. The molecule has 0 aliphatic heterocycles. The van der Waals surface area contributed by atoms with Crippen molar-refractivity contribution in [2.45, 2.75) is 22.6 Å². The first-order valence-corrected chi connectivity index (χ1v) is 11.4. The van der Waals surface area contributed by atoms with Gasteiger partial charge >= 0.3 is 0 Å². The fraction of sp³-hybridized carbons (Fsp3) is 0.0714. The molecular formula is C28H24N2O2S. The molecule has 0 spiro atoms. The molecule has 0 radical (unpaired) electrons. The molecule has 0 aliphatic rings. The predicted molar refractivity (Wildman–Crippen MR) is 135 cm³/mol. The van der Waals surface area contributed by atoms with Crippen LogP contribution in [0.25, 0.3) is 0 Å². The van der Waals surface area contributed by atoms with Crippen LogP contribution in [0.2, 0.25) is 0 Å². The number of nitrogen functional groups attached to an aromatic ring is 2. The Morgan fingerprint density at radius 1 is 0.576 bits per heavy atom. The molecule has 4 nitrogen and oxygen atoms in total. The highest BCUT2D eigenvalue weighted by atomic mass is 32.2. The quantitative estimate of drug-likeness (QED) is 0.259. The molecular weight excluding hydrogens is 428 g/mol. The Hall–Kier alpha value is -3.83. The van der Waals surface area contributed by atoms with Crippen molar-refractivity contribution >= 4 is 34.7 Å². The number of carbonyl (C=O) groups excluding carboxylic acids is 2. The Morgan fingerprint density at radius 3 is 1.36 bits per heavy atom. The first-order valence-electron chi connectivity index (χ1n) is 10.6. The summed E-state index contributed by atoms with van der Waals surface area (Å²) in [5, 5.41) is 0. The number of nitrogens with two attached hydrogens (primary N) is 2. The Kier molecular flexibility index (Phi) is 6.91. The van der Waals surface area contributed by atoms with Gasteiger partial charge in [-0.1, -0.05) is 36.0 Å². The fourth-order valence-electron chi connectivity index (χ4n) is 3.49. The van der Waals surface area contributed by atoms with Gasteiger partial charge in [-0.2, -0.15) is 0 Å². The van der Waals surface area contributed by atoms with Crippen molar-refractivity contribution in [2.24, 2.45) is 0 Å². The van der Waals surface area contributed by atoms with E-state index in [9.17, 15) is 9.59 Å². The van der Waals surface area contributed by atoms with Crippen molar-refractivity contribution in [2.75, 3.05) is 11.5 Å². The van der Waals surface area contributed by atoms with Gasteiger partial charge in [0.15, 0.2) is 11.6 Å². The average molecular weight is 453 g/mol. The minimum absolute atomic E-state index is 0.0559. The number of rotatable bonds is 8. The van der Waals surface area contributed by atoms with Crippen molar-refractivity contribution < 1.29 is 9.59 Å². The maximum absolute atomic E-state index is 12.6. The summed E-state index contributed by atoms with van der Waals surface area (Å²) in [4.78, 5) is 27.3. The summed E-state index contributed by atoms with van der Waals surface area (Å²) in [7, 11) is 0. The number of hydrogen-bond donors (Lipinski definition) is 2. The van der Waals surface area contributed by atoms with Gasteiger partial charge in [0.05, 0.1) is 0 Å². The number of Topliss-reactive ketones (excluding diaryl/α,β-unsaturated/α-hetero) is 2. The Labute approximate surface area is 197 Å². The molecule has 0 fully saturated rings. The monoisotopic (exact) mass is 452 g/mol. The average Bonchev–Trinajstić information content (AvgIpc) is 2.80. The highest BCUT2D eigenvalue weighted by Crippen LogP contribution is 2.29. The molecule has 4 N–H and O–H groups in total. The van der Waals surface area contributed by atoms with E-state index in [-0.39, 0.29) is 11.6 Å². The van der Waals surface area contributed by atoms with Crippen LogP contribution in [0.3, 0.4) is 0 Å². The van der Waals surface area contributed by atoms with Crippen molar-refractivity contribution in [3.05, 3.63) is 119 Å². The zero-order chi connectivity index (χ0) is 23.2. The molecule has 0 unspecified atom stereocenters. The van der Waals surface area contributed by atoms with E-state index in [1.54, 1.807) is 60.3 Å². The van der Waals surface area contributed by atoms with E-state index in [0.29, 0.717) is 35.3 Å². The molecule has 0 heterocycles. The lowest BCUT2D eigenvalue weighted by Gasteiger charge is -2.08. The molecule has 4 rings (SSSR count). The lowest BCUT2D eigenvalue weighted by molar-refractivity contribution is 0.0984. The topological polar surface area (TPSA) is 86.2 Å². The van der Waals surface area contributed by atoms with Crippen molar-refractivity contribution in [1.29, 1.82) is 0 Å². The van der Waals surface area contributed by atoms with Crippen LogP contribution in [0.5, 0.6) is 0 Å². The molecule has 5 heteroatoms. The van der Waals surface area contributed by atoms with Crippen LogP contribution in [0.1, 0.15) is 31.8 Å². The lowest BCUT2D eigenvalue weighted by atomic mass is 10.0. The van der Waals surface area contributed by atoms with Crippen LogP contribution in [0, 0.1) is 0 Å². The molecule has 4 aromatic rings. The van der Waals surface area contributed by atoms with E-state index in [4.69, 9.17) is 11.5 Å². The molecule has 0 aliphatic carbocycles. The SMILES string of the molecule is Nc1ccc(C(=O)Cc2cccc(Sc3cccc(CC(=O)c4ccc(N)cc4)c3)c2)cc1. The molecule has 0 bridgehead atoms. The molecule has 0 amide bonds. The third-order valence-corrected chi connectivity index (χ3v) is 6.21. The van der Waals surface area contributed by atoms with Crippen LogP contribution in [-0.2, 0) is 12.8 Å². The molecule has 33 heavy (non-hydrogen) atoms. The summed E-state index contributed by atoms with van der Waals surface area (Å²) in [6, 6.07) is 29.9. The number of anilines is 2. The second kappa shape index (κ2) is 10.2. The van der Waals surface area contributed by atoms with Gasteiger partial charge in [0, 0.05) is 45.1 Å². The zero-order valence-electron chi connectivity index (χ0n) is 18.0. The lowest BCUT2D eigenvalue weighted by Crippen LogP contribution is -2.04. The zero-order valence-corrected chi connectivity index (χ0v) is 18.8. The number of ketones is 2. The first-order chi connectivity index (χ1) is 16.0. The van der Waals surface area contributed by atoms with Crippen molar-refractivity contribution in [3.8, 4) is 0 Å². The van der Waals surface area contributed by atoms with E-state index in [2.05, 4.69) is 0 Å². The molecule has 4 aromatic carbocycles. The summed E-state index contributed by atoms with van der Waals surface area (Å²) < 4.78 is 0. The van der Waals surface area contributed by atoms with Crippen LogP contribution in [-0.4, -0.2) is 11.6 Å². The molecule has 0 saturated carbocycles. The van der Waals surface area contributed by atoms with Crippen LogP contribution >= 0.6 is 11.8 Å². The van der Waals surface area contributed by atoms with E-state index >= 15 is 0 Å². The minimum Gasteiger partial charge on any atom is -0.399 e. The van der Waals surface area contributed by atoms with Crippen LogP contribution < -0.4 is 11.5 Å². The van der Waals surface area contributed by atoms with Crippen molar-refractivity contribution in [1.82, 2.24) is 0 Å². The summed E-state index contributed by atoms with van der Waals surface area (Å²) in [6.07, 6.45) is 0.656. The van der Waals surface area contributed by atoms with Gasteiger partial charge < -0.3 is 11.5 Å².